The van der Waals surface area contributed by atoms with E-state index in [4.69, 9.17) is 0 Å². The van der Waals surface area contributed by atoms with Crippen molar-refractivity contribution in [2.75, 3.05) is 31.1 Å². The minimum Gasteiger partial charge on any atom is -0.368 e. The van der Waals surface area contributed by atoms with Gasteiger partial charge in [-0.1, -0.05) is 6.92 Å². The summed E-state index contributed by atoms with van der Waals surface area (Å²) in [6.07, 6.45) is 3.94. The van der Waals surface area contributed by atoms with Gasteiger partial charge in [0, 0.05) is 31.4 Å². The second-order valence-corrected chi connectivity index (χ2v) is 6.95. The smallest absolute Gasteiger partial charge is 0.239 e. The van der Waals surface area contributed by atoms with Gasteiger partial charge in [0.2, 0.25) is 5.91 Å². The molecule has 2 aliphatic heterocycles. The molecule has 0 saturated carbocycles. The molecule has 1 aromatic rings. The zero-order valence-electron chi connectivity index (χ0n) is 14.7. The summed E-state index contributed by atoms with van der Waals surface area (Å²) in [5, 5.41) is 3.28. The number of hydrogen-bond donors (Lipinski definition) is 1. The highest BCUT2D eigenvalue weighted by molar-refractivity contribution is 5.81. The Morgan fingerprint density at radius 3 is 2.79 bits per heavy atom. The molecule has 1 saturated heterocycles. The normalized spacial score (nSPS) is 19.5. The number of carbonyl (C=O) groups excluding carboxylic acids is 1. The van der Waals surface area contributed by atoms with Gasteiger partial charge in [0.05, 0.1) is 6.04 Å². The van der Waals surface area contributed by atoms with Gasteiger partial charge in [-0.25, -0.2) is 4.39 Å². The molecule has 0 aromatic heterocycles. The number of fused-ring (bicyclic) bond motifs is 1. The second-order valence-electron chi connectivity index (χ2n) is 6.95. The first-order chi connectivity index (χ1) is 11.6. The third kappa shape index (κ3) is 3.56. The highest BCUT2D eigenvalue weighted by atomic mass is 19.1. The molecular weight excluding hydrogens is 305 g/mol. The largest absolute Gasteiger partial charge is 0.368 e. The SMILES string of the molecule is CCCN[C@@H](C)C(=O)N1CCC(N2CCc3cc(F)ccc32)CC1. The number of benzene rings is 1. The number of amides is 1. The fraction of sp³-hybridized carbons (Fsp3) is 0.632. The molecule has 3 rings (SSSR count). The Bertz CT molecular complexity index is 584. The minimum absolute atomic E-state index is 0.100. The van der Waals surface area contributed by atoms with Crippen molar-refractivity contribution in [3.05, 3.63) is 29.6 Å². The van der Waals surface area contributed by atoms with Crippen LogP contribution >= 0.6 is 0 Å². The van der Waals surface area contributed by atoms with Crippen LogP contribution in [0, 0.1) is 5.82 Å². The van der Waals surface area contributed by atoms with Gasteiger partial charge in [-0.15, -0.1) is 0 Å². The third-order valence-corrected chi connectivity index (χ3v) is 5.26. The van der Waals surface area contributed by atoms with E-state index in [2.05, 4.69) is 17.1 Å². The summed E-state index contributed by atoms with van der Waals surface area (Å²) in [4.78, 5) is 16.9. The van der Waals surface area contributed by atoms with Crippen LogP contribution in [0.4, 0.5) is 10.1 Å². The van der Waals surface area contributed by atoms with Crippen LogP contribution in [0.15, 0.2) is 18.2 Å². The highest BCUT2D eigenvalue weighted by Gasteiger charge is 2.31. The van der Waals surface area contributed by atoms with Crippen molar-refractivity contribution in [3.63, 3.8) is 0 Å². The Morgan fingerprint density at radius 1 is 1.33 bits per heavy atom. The zero-order chi connectivity index (χ0) is 17.1. The van der Waals surface area contributed by atoms with Gasteiger partial charge in [-0.2, -0.15) is 0 Å². The topological polar surface area (TPSA) is 35.6 Å². The van der Waals surface area contributed by atoms with E-state index in [0.717, 1.165) is 57.4 Å². The van der Waals surface area contributed by atoms with E-state index in [9.17, 15) is 9.18 Å². The number of anilines is 1. The van der Waals surface area contributed by atoms with Crippen molar-refractivity contribution in [1.29, 1.82) is 0 Å². The monoisotopic (exact) mass is 333 g/mol. The van der Waals surface area contributed by atoms with Gasteiger partial charge < -0.3 is 15.1 Å². The fourth-order valence-corrected chi connectivity index (χ4v) is 3.90. The van der Waals surface area contributed by atoms with Crippen LogP contribution < -0.4 is 10.2 Å². The zero-order valence-corrected chi connectivity index (χ0v) is 14.7. The molecule has 2 heterocycles. The molecular formula is C19H28FN3O. The Balaban J connectivity index is 1.56. The standard InChI is InChI=1S/C19H28FN3O/c1-3-9-21-14(2)19(24)22-10-7-17(8-11-22)23-12-6-15-13-16(20)4-5-18(15)23/h4-5,13-14,17,21H,3,6-12H2,1-2H3/t14-/m0/s1. The molecule has 1 amide bonds. The van der Waals surface area contributed by atoms with Gasteiger partial charge in [0.25, 0.3) is 0 Å². The van der Waals surface area contributed by atoms with Gasteiger partial charge in [0.15, 0.2) is 0 Å². The van der Waals surface area contributed by atoms with E-state index in [1.54, 1.807) is 12.1 Å². The van der Waals surface area contributed by atoms with Crippen LogP contribution in [0.1, 0.15) is 38.7 Å². The Labute approximate surface area is 144 Å². The third-order valence-electron chi connectivity index (χ3n) is 5.26. The van der Waals surface area contributed by atoms with Gasteiger partial charge in [-0.3, -0.25) is 4.79 Å². The minimum atomic E-state index is -0.149. The predicted molar refractivity (Wildman–Crippen MR) is 94.8 cm³/mol. The maximum Gasteiger partial charge on any atom is 0.239 e. The number of rotatable bonds is 5. The average molecular weight is 333 g/mol. The Morgan fingerprint density at radius 2 is 2.08 bits per heavy atom. The van der Waals surface area contributed by atoms with E-state index in [1.807, 2.05) is 17.9 Å². The van der Waals surface area contributed by atoms with Crippen molar-refractivity contribution in [2.45, 2.75) is 51.6 Å². The lowest BCUT2D eigenvalue weighted by Gasteiger charge is -2.39. The lowest BCUT2D eigenvalue weighted by Crippen LogP contribution is -2.51. The van der Waals surface area contributed by atoms with E-state index in [0.29, 0.717) is 6.04 Å². The first-order valence-electron chi connectivity index (χ1n) is 9.17. The molecule has 5 heteroatoms. The molecule has 2 aliphatic rings. The van der Waals surface area contributed by atoms with Gasteiger partial charge in [-0.05, 0) is 62.9 Å². The molecule has 1 fully saturated rings. The lowest BCUT2D eigenvalue weighted by atomic mass is 10.0. The van der Waals surface area contributed by atoms with Crippen molar-refractivity contribution >= 4 is 11.6 Å². The number of hydrogen-bond acceptors (Lipinski definition) is 3. The molecule has 1 atom stereocenters. The first kappa shape index (κ1) is 17.2. The number of nitrogens with zero attached hydrogens (tertiary/aromatic N) is 2. The van der Waals surface area contributed by atoms with Crippen molar-refractivity contribution in [2.24, 2.45) is 0 Å². The number of piperidine rings is 1. The summed E-state index contributed by atoms with van der Waals surface area (Å²) < 4.78 is 13.4. The summed E-state index contributed by atoms with van der Waals surface area (Å²) in [6, 6.07) is 5.48. The van der Waals surface area contributed by atoms with Crippen molar-refractivity contribution < 1.29 is 9.18 Å². The molecule has 1 N–H and O–H groups in total. The molecule has 24 heavy (non-hydrogen) atoms. The summed E-state index contributed by atoms with van der Waals surface area (Å²) in [6.45, 7) is 7.53. The molecule has 0 unspecified atom stereocenters. The van der Waals surface area contributed by atoms with Crippen molar-refractivity contribution in [1.82, 2.24) is 10.2 Å². The van der Waals surface area contributed by atoms with Gasteiger partial charge in [0.1, 0.15) is 5.82 Å². The quantitative estimate of drug-likeness (QED) is 0.899. The Kier molecular flexibility index (Phi) is 5.39. The van der Waals surface area contributed by atoms with Crippen LogP contribution in [0.5, 0.6) is 0 Å². The van der Waals surface area contributed by atoms with E-state index < -0.39 is 0 Å². The average Bonchev–Trinajstić information content (AvgIpc) is 3.02. The summed E-state index contributed by atoms with van der Waals surface area (Å²) in [5.41, 5.74) is 2.30. The highest BCUT2D eigenvalue weighted by Crippen LogP contribution is 2.33. The molecule has 1 aromatic carbocycles. The number of likely N-dealkylation sites (tertiary alicyclic amines) is 1. The molecule has 132 valence electrons. The summed E-state index contributed by atoms with van der Waals surface area (Å²) >= 11 is 0. The predicted octanol–water partition coefficient (Wildman–Crippen LogP) is 2.57. The molecule has 0 aliphatic carbocycles. The van der Waals surface area contributed by atoms with Crippen LogP contribution in [-0.4, -0.2) is 49.1 Å². The Hall–Kier alpha value is -1.62. The molecule has 0 radical (unpaired) electrons. The fourth-order valence-electron chi connectivity index (χ4n) is 3.90. The first-order valence-corrected chi connectivity index (χ1v) is 9.17. The van der Waals surface area contributed by atoms with Crippen LogP contribution in [0.25, 0.3) is 0 Å². The van der Waals surface area contributed by atoms with Crippen LogP contribution in [-0.2, 0) is 11.2 Å². The van der Waals surface area contributed by atoms with E-state index in [-0.39, 0.29) is 17.8 Å². The molecule has 0 bridgehead atoms. The van der Waals surface area contributed by atoms with Crippen LogP contribution in [0.2, 0.25) is 0 Å². The number of halogens is 1. The maximum atomic E-state index is 13.4. The van der Waals surface area contributed by atoms with E-state index in [1.165, 1.54) is 5.69 Å². The summed E-state index contributed by atoms with van der Waals surface area (Å²) in [5.74, 6) is 0.0652. The van der Waals surface area contributed by atoms with Crippen molar-refractivity contribution in [3.8, 4) is 0 Å². The van der Waals surface area contributed by atoms with E-state index >= 15 is 0 Å². The second kappa shape index (κ2) is 7.51. The molecule has 4 nitrogen and oxygen atoms in total. The summed E-state index contributed by atoms with van der Waals surface area (Å²) in [7, 11) is 0. The number of carbonyl (C=O) groups is 1. The van der Waals surface area contributed by atoms with Crippen LogP contribution in [0.3, 0.4) is 0 Å². The lowest BCUT2D eigenvalue weighted by molar-refractivity contribution is -0.134. The maximum absolute atomic E-state index is 13.4. The van der Waals surface area contributed by atoms with Gasteiger partial charge >= 0.3 is 0 Å². The molecule has 0 spiro atoms. The number of nitrogens with one attached hydrogen (secondary N) is 1.